The maximum absolute atomic E-state index is 13.5. The highest BCUT2D eigenvalue weighted by Gasteiger charge is 2.30. The number of hydrogen-bond acceptors (Lipinski definition) is 5. The number of benzene rings is 2. The minimum atomic E-state index is -1.11. The van der Waals surface area contributed by atoms with Crippen molar-refractivity contribution in [2.45, 2.75) is 12.5 Å². The first-order valence-corrected chi connectivity index (χ1v) is 10.5. The van der Waals surface area contributed by atoms with Crippen LogP contribution in [0.25, 0.3) is 0 Å². The molecule has 0 aliphatic rings. The van der Waals surface area contributed by atoms with E-state index in [1.807, 2.05) is 0 Å². The van der Waals surface area contributed by atoms with Crippen molar-refractivity contribution >= 4 is 34.8 Å². The zero-order valence-corrected chi connectivity index (χ0v) is 17.9. The summed E-state index contributed by atoms with van der Waals surface area (Å²) in [6, 6.07) is 13.6. The lowest BCUT2D eigenvalue weighted by molar-refractivity contribution is -0.140. The van der Waals surface area contributed by atoms with Crippen molar-refractivity contribution in [2.24, 2.45) is 0 Å². The van der Waals surface area contributed by atoms with Crippen LogP contribution in [0.5, 0.6) is 0 Å². The first kappa shape index (κ1) is 23.1. The van der Waals surface area contributed by atoms with Gasteiger partial charge in [0.1, 0.15) is 24.2 Å². The van der Waals surface area contributed by atoms with E-state index >= 15 is 0 Å². The molecule has 0 bridgehead atoms. The largest absolute Gasteiger partial charge is 0.468 e. The zero-order chi connectivity index (χ0) is 23.1. The highest BCUT2D eigenvalue weighted by Crippen LogP contribution is 2.25. The molecule has 6 nitrogen and oxygen atoms in total. The molecule has 3 aromatic rings. The lowest BCUT2D eigenvalue weighted by Gasteiger charge is -2.27. The van der Waals surface area contributed by atoms with Gasteiger partial charge < -0.3 is 10.1 Å². The number of carbonyl (C=O) groups is 3. The summed E-state index contributed by atoms with van der Waals surface area (Å²) >= 11 is 1.25. The van der Waals surface area contributed by atoms with Crippen LogP contribution in [-0.4, -0.2) is 31.4 Å². The van der Waals surface area contributed by atoms with Crippen LogP contribution in [0, 0.1) is 11.6 Å². The van der Waals surface area contributed by atoms with Gasteiger partial charge in [-0.15, -0.1) is 11.3 Å². The van der Waals surface area contributed by atoms with Gasteiger partial charge in [0, 0.05) is 16.6 Å². The fourth-order valence-corrected chi connectivity index (χ4v) is 3.84. The number of ether oxygens (including phenoxy) is 1. The van der Waals surface area contributed by atoms with Crippen LogP contribution in [0.3, 0.4) is 0 Å². The van der Waals surface area contributed by atoms with Gasteiger partial charge >= 0.3 is 5.97 Å². The van der Waals surface area contributed by atoms with Crippen molar-refractivity contribution in [1.82, 2.24) is 5.32 Å². The SMILES string of the molecule is COC(=O)CN(C(=O)[C@H](NC(=O)Cc1cc(F)cc(F)c1)c1cccs1)c1ccccc1. The summed E-state index contributed by atoms with van der Waals surface area (Å²) in [6.45, 7) is -0.355. The number of hydrogen-bond donors (Lipinski definition) is 1. The Labute approximate surface area is 187 Å². The van der Waals surface area contributed by atoms with E-state index in [-0.39, 0.29) is 18.5 Å². The number of amides is 2. The minimum Gasteiger partial charge on any atom is -0.468 e. The smallest absolute Gasteiger partial charge is 0.325 e. The molecule has 0 fully saturated rings. The number of anilines is 1. The Bertz CT molecular complexity index is 1070. The molecule has 0 aliphatic carbocycles. The first-order valence-electron chi connectivity index (χ1n) is 9.58. The van der Waals surface area contributed by atoms with Gasteiger partial charge in [0.2, 0.25) is 5.91 Å². The summed E-state index contributed by atoms with van der Waals surface area (Å²) in [6.07, 6.45) is -0.327. The Morgan fingerprint density at radius 1 is 1.03 bits per heavy atom. The van der Waals surface area contributed by atoms with Crippen molar-refractivity contribution in [3.05, 3.63) is 88.1 Å². The second-order valence-electron chi connectivity index (χ2n) is 6.81. The molecule has 0 saturated heterocycles. The van der Waals surface area contributed by atoms with E-state index in [2.05, 4.69) is 5.32 Å². The number of thiophene rings is 1. The van der Waals surface area contributed by atoms with Gasteiger partial charge in [0.15, 0.2) is 0 Å². The molecule has 2 aromatic carbocycles. The number of halogens is 2. The van der Waals surface area contributed by atoms with E-state index in [1.54, 1.807) is 47.8 Å². The first-order chi connectivity index (χ1) is 15.4. The molecule has 0 radical (unpaired) electrons. The van der Waals surface area contributed by atoms with E-state index in [0.29, 0.717) is 16.6 Å². The summed E-state index contributed by atoms with van der Waals surface area (Å²) in [7, 11) is 1.21. The van der Waals surface area contributed by atoms with Gasteiger partial charge in [-0.05, 0) is 41.3 Å². The molecule has 3 rings (SSSR count). The normalized spacial score (nSPS) is 11.5. The predicted molar refractivity (Wildman–Crippen MR) is 116 cm³/mol. The molecule has 2 amide bonds. The molecule has 32 heavy (non-hydrogen) atoms. The van der Waals surface area contributed by atoms with Crippen molar-refractivity contribution in [2.75, 3.05) is 18.6 Å². The maximum atomic E-state index is 13.5. The Morgan fingerprint density at radius 2 is 1.72 bits per heavy atom. The molecule has 0 unspecified atom stereocenters. The molecule has 0 saturated carbocycles. The molecule has 1 atom stereocenters. The van der Waals surface area contributed by atoms with Crippen molar-refractivity contribution < 1.29 is 27.9 Å². The Kier molecular flexibility index (Phi) is 7.67. The number of carbonyl (C=O) groups excluding carboxylic acids is 3. The summed E-state index contributed by atoms with van der Waals surface area (Å²) < 4.78 is 31.6. The number of esters is 1. The Balaban J connectivity index is 1.87. The number of nitrogens with zero attached hydrogens (tertiary/aromatic N) is 1. The van der Waals surface area contributed by atoms with Gasteiger partial charge in [-0.1, -0.05) is 24.3 Å². The van der Waals surface area contributed by atoms with Crippen LogP contribution < -0.4 is 10.2 Å². The molecule has 166 valence electrons. The molecule has 9 heteroatoms. The topological polar surface area (TPSA) is 75.7 Å². The molecule has 0 spiro atoms. The molecular weight excluding hydrogens is 438 g/mol. The van der Waals surface area contributed by atoms with Crippen LogP contribution in [0.2, 0.25) is 0 Å². The van der Waals surface area contributed by atoms with Gasteiger partial charge in [0.25, 0.3) is 5.91 Å². The second kappa shape index (κ2) is 10.6. The number of nitrogens with one attached hydrogen (secondary N) is 1. The van der Waals surface area contributed by atoms with Crippen LogP contribution >= 0.6 is 11.3 Å². The Hall–Kier alpha value is -3.59. The third-order valence-corrected chi connectivity index (χ3v) is 5.45. The van der Waals surface area contributed by atoms with E-state index in [4.69, 9.17) is 4.74 Å². The summed E-state index contributed by atoms with van der Waals surface area (Å²) in [5.41, 5.74) is 0.581. The third kappa shape index (κ3) is 5.98. The summed E-state index contributed by atoms with van der Waals surface area (Å²) in [5, 5.41) is 4.38. The highest BCUT2D eigenvalue weighted by atomic mass is 32.1. The summed E-state index contributed by atoms with van der Waals surface area (Å²) in [4.78, 5) is 39.9. The third-order valence-electron chi connectivity index (χ3n) is 4.52. The van der Waals surface area contributed by atoms with Crippen molar-refractivity contribution in [1.29, 1.82) is 0 Å². The lowest BCUT2D eigenvalue weighted by Crippen LogP contribution is -2.45. The van der Waals surface area contributed by atoms with Crippen LogP contribution in [0.1, 0.15) is 16.5 Å². The quantitative estimate of drug-likeness (QED) is 0.523. The fraction of sp³-hybridized carbons (Fsp3) is 0.174. The predicted octanol–water partition coefficient (Wildman–Crippen LogP) is 3.63. The van der Waals surface area contributed by atoms with Crippen LogP contribution in [0.4, 0.5) is 14.5 Å². The summed E-state index contributed by atoms with van der Waals surface area (Å²) in [5.74, 6) is -3.39. The molecular formula is C23H20F2N2O4S. The van der Waals surface area contributed by atoms with Crippen LogP contribution in [0.15, 0.2) is 66.0 Å². The number of methoxy groups -OCH3 is 1. The number of rotatable bonds is 8. The van der Waals surface area contributed by atoms with E-state index < -0.39 is 35.5 Å². The van der Waals surface area contributed by atoms with Crippen molar-refractivity contribution in [3.63, 3.8) is 0 Å². The standard InChI is InChI=1S/C23H20F2N2O4S/c1-31-21(29)14-27(18-6-3-2-4-7-18)23(30)22(19-8-5-9-32-19)26-20(28)12-15-10-16(24)13-17(25)11-15/h2-11,13,22H,12,14H2,1H3,(H,26,28)/t22-/m1/s1. The monoisotopic (exact) mass is 458 g/mol. The molecule has 1 N–H and O–H groups in total. The van der Waals surface area contributed by atoms with Gasteiger partial charge in [-0.2, -0.15) is 0 Å². The molecule has 1 heterocycles. The average Bonchev–Trinajstić information content (AvgIpc) is 3.29. The maximum Gasteiger partial charge on any atom is 0.325 e. The zero-order valence-electron chi connectivity index (χ0n) is 17.1. The van der Waals surface area contributed by atoms with E-state index in [1.165, 1.54) is 23.3 Å². The van der Waals surface area contributed by atoms with Crippen molar-refractivity contribution in [3.8, 4) is 0 Å². The molecule has 1 aromatic heterocycles. The van der Waals surface area contributed by atoms with Gasteiger partial charge in [-0.25, -0.2) is 8.78 Å². The number of para-hydroxylation sites is 1. The lowest BCUT2D eigenvalue weighted by atomic mass is 10.1. The van der Waals surface area contributed by atoms with E-state index in [0.717, 1.165) is 12.1 Å². The second-order valence-corrected chi connectivity index (χ2v) is 7.79. The van der Waals surface area contributed by atoms with E-state index in [9.17, 15) is 23.2 Å². The highest BCUT2D eigenvalue weighted by molar-refractivity contribution is 7.10. The minimum absolute atomic E-state index is 0.131. The Morgan fingerprint density at radius 3 is 2.31 bits per heavy atom. The molecule has 0 aliphatic heterocycles. The van der Waals surface area contributed by atoms with Gasteiger partial charge in [0.05, 0.1) is 13.5 Å². The van der Waals surface area contributed by atoms with Gasteiger partial charge in [-0.3, -0.25) is 19.3 Å². The van der Waals surface area contributed by atoms with Crippen LogP contribution in [-0.2, 0) is 25.5 Å². The average molecular weight is 458 g/mol. The fourth-order valence-electron chi connectivity index (χ4n) is 3.07.